The van der Waals surface area contributed by atoms with E-state index in [0.29, 0.717) is 19.7 Å². The Kier molecular flexibility index (Phi) is 2.45. The first-order chi connectivity index (χ1) is 7.16. The molecule has 1 aromatic heterocycles. The summed E-state index contributed by atoms with van der Waals surface area (Å²) in [6.45, 7) is 1.46. The Balaban J connectivity index is 2.14. The summed E-state index contributed by atoms with van der Waals surface area (Å²) in [6.07, 6.45) is 1.38. The van der Waals surface area contributed by atoms with E-state index in [1.165, 1.54) is 10.6 Å². The lowest BCUT2D eigenvalue weighted by atomic mass is 10.2. The third kappa shape index (κ3) is 2.01. The van der Waals surface area contributed by atoms with Gasteiger partial charge in [0.2, 0.25) is 0 Å². The van der Waals surface area contributed by atoms with Crippen molar-refractivity contribution in [2.24, 2.45) is 7.05 Å². The maximum absolute atomic E-state index is 11.3. The molecule has 5 heteroatoms. The zero-order valence-corrected chi connectivity index (χ0v) is 8.47. The second kappa shape index (κ2) is 3.76. The molecule has 0 unspecified atom stereocenters. The van der Waals surface area contributed by atoms with E-state index in [9.17, 15) is 9.59 Å². The molecule has 0 bridgehead atoms. The molecule has 0 saturated carbocycles. The summed E-state index contributed by atoms with van der Waals surface area (Å²) < 4.78 is 6.29. The van der Waals surface area contributed by atoms with Crippen LogP contribution in [0.5, 0.6) is 0 Å². The second-order valence-corrected chi connectivity index (χ2v) is 3.52. The molecule has 0 aromatic carbocycles. The first-order valence-corrected chi connectivity index (χ1v) is 4.74. The molecule has 1 aliphatic heterocycles. The van der Waals surface area contributed by atoms with Gasteiger partial charge < -0.3 is 14.2 Å². The molecule has 0 aliphatic carbocycles. The summed E-state index contributed by atoms with van der Waals surface area (Å²) in [6, 6.07) is 3.36. The number of nitrogens with zero attached hydrogens (tertiary/aromatic N) is 2. The van der Waals surface area contributed by atoms with E-state index in [1.54, 1.807) is 18.1 Å². The number of aryl methyl sites for hydroxylation is 1. The van der Waals surface area contributed by atoms with Crippen LogP contribution in [-0.2, 0) is 18.3 Å². The van der Waals surface area contributed by atoms with Crippen molar-refractivity contribution in [1.82, 2.24) is 9.47 Å². The first kappa shape index (κ1) is 9.76. The predicted molar refractivity (Wildman–Crippen MR) is 53.4 cm³/mol. The smallest absolute Gasteiger partial charge is 0.410 e. The Morgan fingerprint density at radius 1 is 1.47 bits per heavy atom. The standard InChI is InChI=1S/C10H12N2O3/c1-11-3-2-8(6-9(11)13)7-12-4-5-15-10(12)14/h2-3,6H,4-5,7H2,1H3. The van der Waals surface area contributed by atoms with Crippen molar-refractivity contribution in [2.75, 3.05) is 13.2 Å². The molecule has 0 atom stereocenters. The van der Waals surface area contributed by atoms with E-state index in [4.69, 9.17) is 4.74 Å². The normalized spacial score (nSPS) is 15.5. The van der Waals surface area contributed by atoms with Crippen molar-refractivity contribution in [3.05, 3.63) is 34.2 Å². The second-order valence-electron chi connectivity index (χ2n) is 3.52. The lowest BCUT2D eigenvalue weighted by molar-refractivity contribution is 0.157. The maximum atomic E-state index is 11.3. The minimum atomic E-state index is -0.310. The van der Waals surface area contributed by atoms with Gasteiger partial charge >= 0.3 is 6.09 Å². The molecular formula is C10H12N2O3. The zero-order chi connectivity index (χ0) is 10.8. The van der Waals surface area contributed by atoms with Gasteiger partial charge in [0.25, 0.3) is 5.56 Å². The van der Waals surface area contributed by atoms with Crippen molar-refractivity contribution in [3.63, 3.8) is 0 Å². The molecule has 2 rings (SSSR count). The minimum absolute atomic E-state index is 0.0694. The molecule has 1 fully saturated rings. The van der Waals surface area contributed by atoms with E-state index < -0.39 is 0 Å². The molecule has 80 valence electrons. The number of pyridine rings is 1. The monoisotopic (exact) mass is 208 g/mol. The summed E-state index contributed by atoms with van der Waals surface area (Å²) in [4.78, 5) is 24.1. The van der Waals surface area contributed by atoms with Crippen molar-refractivity contribution in [1.29, 1.82) is 0 Å². The highest BCUT2D eigenvalue weighted by Gasteiger charge is 2.21. The Bertz CT molecular complexity index is 439. The summed E-state index contributed by atoms with van der Waals surface area (Å²) in [5.74, 6) is 0. The van der Waals surface area contributed by atoms with Gasteiger partial charge in [0.15, 0.2) is 0 Å². The number of cyclic esters (lactones) is 1. The number of hydrogen-bond donors (Lipinski definition) is 0. The fraction of sp³-hybridized carbons (Fsp3) is 0.400. The molecule has 15 heavy (non-hydrogen) atoms. The Labute approximate surface area is 86.9 Å². The summed E-state index contributed by atoms with van der Waals surface area (Å²) >= 11 is 0. The molecule has 1 aromatic rings. The van der Waals surface area contributed by atoms with Crippen LogP contribution in [0.15, 0.2) is 23.1 Å². The van der Waals surface area contributed by atoms with Crippen LogP contribution in [0, 0.1) is 0 Å². The third-order valence-corrected chi connectivity index (χ3v) is 2.39. The van der Waals surface area contributed by atoms with Gasteiger partial charge in [0, 0.05) is 25.9 Å². The summed E-state index contributed by atoms with van der Waals surface area (Å²) in [7, 11) is 1.69. The summed E-state index contributed by atoms with van der Waals surface area (Å²) in [5.41, 5.74) is 0.761. The molecule has 1 amide bonds. The van der Waals surface area contributed by atoms with Crippen molar-refractivity contribution in [2.45, 2.75) is 6.54 Å². The van der Waals surface area contributed by atoms with Crippen LogP contribution < -0.4 is 5.56 Å². The third-order valence-electron chi connectivity index (χ3n) is 2.39. The number of amides is 1. The van der Waals surface area contributed by atoms with Crippen LogP contribution in [0.4, 0.5) is 4.79 Å². The SMILES string of the molecule is Cn1ccc(CN2CCOC2=O)cc1=O. The van der Waals surface area contributed by atoms with Crippen LogP contribution in [-0.4, -0.2) is 28.7 Å². The van der Waals surface area contributed by atoms with Crippen LogP contribution in [0.2, 0.25) is 0 Å². The number of hydrogen-bond acceptors (Lipinski definition) is 3. The van der Waals surface area contributed by atoms with Gasteiger partial charge in [-0.1, -0.05) is 0 Å². The minimum Gasteiger partial charge on any atom is -0.448 e. The number of rotatable bonds is 2. The fourth-order valence-corrected chi connectivity index (χ4v) is 1.48. The lowest BCUT2D eigenvalue weighted by Crippen LogP contribution is -2.25. The molecule has 1 aliphatic rings. The van der Waals surface area contributed by atoms with Gasteiger partial charge in [-0.3, -0.25) is 4.79 Å². The van der Waals surface area contributed by atoms with Gasteiger partial charge in [-0.15, -0.1) is 0 Å². The Hall–Kier alpha value is -1.78. The number of ether oxygens (including phenoxy) is 1. The average molecular weight is 208 g/mol. The molecule has 0 spiro atoms. The first-order valence-electron chi connectivity index (χ1n) is 4.74. The maximum Gasteiger partial charge on any atom is 0.410 e. The lowest BCUT2D eigenvalue weighted by Gasteiger charge is -2.12. The number of carbonyl (C=O) groups is 1. The van der Waals surface area contributed by atoms with Crippen LogP contribution in [0.3, 0.4) is 0 Å². The zero-order valence-electron chi connectivity index (χ0n) is 8.47. The van der Waals surface area contributed by atoms with Gasteiger partial charge in [-0.2, -0.15) is 0 Å². The van der Waals surface area contributed by atoms with Gasteiger partial charge in [0.05, 0.1) is 6.54 Å². The molecule has 0 N–H and O–H groups in total. The fourth-order valence-electron chi connectivity index (χ4n) is 1.48. The average Bonchev–Trinajstić information content (AvgIpc) is 2.59. The van der Waals surface area contributed by atoms with E-state index in [2.05, 4.69) is 0 Å². The highest BCUT2D eigenvalue weighted by molar-refractivity contribution is 5.69. The molecular weight excluding hydrogens is 196 g/mol. The van der Waals surface area contributed by atoms with E-state index in [0.717, 1.165) is 5.56 Å². The topological polar surface area (TPSA) is 51.5 Å². The number of aromatic nitrogens is 1. The van der Waals surface area contributed by atoms with Crippen molar-refractivity contribution >= 4 is 6.09 Å². The van der Waals surface area contributed by atoms with E-state index >= 15 is 0 Å². The Morgan fingerprint density at radius 3 is 2.87 bits per heavy atom. The van der Waals surface area contributed by atoms with Crippen LogP contribution in [0.1, 0.15) is 5.56 Å². The predicted octanol–water partition coefficient (Wildman–Crippen LogP) is 0.338. The largest absolute Gasteiger partial charge is 0.448 e. The Morgan fingerprint density at radius 2 is 2.27 bits per heavy atom. The van der Waals surface area contributed by atoms with Gasteiger partial charge in [-0.25, -0.2) is 4.79 Å². The molecule has 1 saturated heterocycles. The highest BCUT2D eigenvalue weighted by atomic mass is 16.6. The molecule has 2 heterocycles. The molecule has 5 nitrogen and oxygen atoms in total. The number of carbonyl (C=O) groups excluding carboxylic acids is 1. The van der Waals surface area contributed by atoms with E-state index in [-0.39, 0.29) is 11.7 Å². The van der Waals surface area contributed by atoms with Gasteiger partial charge in [0.1, 0.15) is 6.61 Å². The van der Waals surface area contributed by atoms with Crippen molar-refractivity contribution < 1.29 is 9.53 Å². The van der Waals surface area contributed by atoms with Crippen molar-refractivity contribution in [3.8, 4) is 0 Å². The van der Waals surface area contributed by atoms with Crippen LogP contribution in [0.25, 0.3) is 0 Å². The highest BCUT2D eigenvalue weighted by Crippen LogP contribution is 2.08. The van der Waals surface area contributed by atoms with Gasteiger partial charge in [-0.05, 0) is 11.6 Å². The molecule has 0 radical (unpaired) electrons. The quantitative estimate of drug-likeness (QED) is 0.704. The van der Waals surface area contributed by atoms with E-state index in [1.807, 2.05) is 6.07 Å². The van der Waals surface area contributed by atoms with Crippen LogP contribution >= 0.6 is 0 Å². The summed E-state index contributed by atoms with van der Waals surface area (Å²) in [5, 5.41) is 0.